The molecule has 0 radical (unpaired) electrons. The van der Waals surface area contributed by atoms with E-state index in [0.29, 0.717) is 16.6 Å². The van der Waals surface area contributed by atoms with Crippen LogP contribution in [0.4, 0.5) is 5.69 Å². The lowest BCUT2D eigenvalue weighted by Gasteiger charge is -2.11. The first kappa shape index (κ1) is 13.3. The number of hydrogen-bond acceptors (Lipinski definition) is 1. The summed E-state index contributed by atoms with van der Waals surface area (Å²) in [5.74, 6) is 0. The molecule has 0 saturated carbocycles. The number of rotatable bonds is 4. The molecule has 0 aromatic heterocycles. The molecule has 0 atom stereocenters. The quantitative estimate of drug-likeness (QED) is 0.814. The predicted molar refractivity (Wildman–Crippen MR) is 79.6 cm³/mol. The molecule has 0 aliphatic rings. The van der Waals surface area contributed by atoms with Gasteiger partial charge in [-0.15, -0.1) is 0 Å². The first-order chi connectivity index (χ1) is 8.70. The highest BCUT2D eigenvalue weighted by Crippen LogP contribution is 2.23. The predicted octanol–water partition coefficient (Wildman–Crippen LogP) is 5.17. The van der Waals surface area contributed by atoms with Crippen molar-refractivity contribution in [3.63, 3.8) is 0 Å². The van der Waals surface area contributed by atoms with Gasteiger partial charge in [0.25, 0.3) is 0 Å². The van der Waals surface area contributed by atoms with Gasteiger partial charge in [-0.25, -0.2) is 0 Å². The molecule has 2 aromatic rings. The molecule has 94 valence electrons. The second-order valence-electron chi connectivity index (χ2n) is 4.10. The van der Waals surface area contributed by atoms with E-state index in [0.717, 1.165) is 17.7 Å². The van der Waals surface area contributed by atoms with Gasteiger partial charge in [-0.05, 0) is 35.7 Å². The number of para-hydroxylation sites is 1. The average molecular weight is 280 g/mol. The zero-order chi connectivity index (χ0) is 13.0. The minimum Gasteiger partial charge on any atom is -0.381 e. The third kappa shape index (κ3) is 3.18. The van der Waals surface area contributed by atoms with Gasteiger partial charge in [0, 0.05) is 22.3 Å². The van der Waals surface area contributed by atoms with Crippen LogP contribution in [0.5, 0.6) is 0 Å². The van der Waals surface area contributed by atoms with E-state index in [1.165, 1.54) is 5.56 Å². The molecule has 0 aliphatic heterocycles. The summed E-state index contributed by atoms with van der Waals surface area (Å²) in [6, 6.07) is 13.9. The van der Waals surface area contributed by atoms with Crippen LogP contribution in [0, 0.1) is 0 Å². The Kier molecular flexibility index (Phi) is 4.51. The zero-order valence-electron chi connectivity index (χ0n) is 10.2. The second kappa shape index (κ2) is 6.12. The smallest absolute Gasteiger partial charge is 0.0470 e. The Balaban J connectivity index is 2.11. The monoisotopic (exact) mass is 279 g/mol. The van der Waals surface area contributed by atoms with Gasteiger partial charge in [-0.2, -0.15) is 0 Å². The summed E-state index contributed by atoms with van der Waals surface area (Å²) < 4.78 is 0. The van der Waals surface area contributed by atoms with Gasteiger partial charge in [0.05, 0.1) is 0 Å². The maximum Gasteiger partial charge on any atom is 0.0470 e. The molecule has 0 saturated heterocycles. The highest BCUT2D eigenvalue weighted by Gasteiger charge is 2.03. The molecule has 3 heteroatoms. The molecule has 0 heterocycles. The van der Waals surface area contributed by atoms with Gasteiger partial charge in [0.2, 0.25) is 0 Å². The van der Waals surface area contributed by atoms with Crippen LogP contribution in [0.15, 0.2) is 42.5 Å². The largest absolute Gasteiger partial charge is 0.381 e. The average Bonchev–Trinajstić information content (AvgIpc) is 2.38. The molecule has 0 bridgehead atoms. The zero-order valence-corrected chi connectivity index (χ0v) is 11.7. The lowest BCUT2D eigenvalue weighted by atomic mass is 10.1. The standard InChI is InChI=1S/C15H15Cl2N/c1-2-11-5-3-4-6-15(11)18-10-12-7-8-13(16)9-14(12)17/h3-9,18H,2,10H2,1H3. The van der Waals surface area contributed by atoms with Gasteiger partial charge in [0.15, 0.2) is 0 Å². The number of nitrogens with one attached hydrogen (secondary N) is 1. The van der Waals surface area contributed by atoms with Crippen molar-refractivity contribution in [1.82, 2.24) is 0 Å². The van der Waals surface area contributed by atoms with E-state index in [1.54, 1.807) is 6.07 Å². The molecular weight excluding hydrogens is 265 g/mol. The molecule has 0 aliphatic carbocycles. The molecular formula is C15H15Cl2N. The normalized spacial score (nSPS) is 10.4. The summed E-state index contributed by atoms with van der Waals surface area (Å²) in [5, 5.41) is 4.78. The van der Waals surface area contributed by atoms with Crippen LogP contribution < -0.4 is 5.32 Å². The third-order valence-electron chi connectivity index (χ3n) is 2.88. The molecule has 0 unspecified atom stereocenters. The molecule has 0 spiro atoms. The number of anilines is 1. The van der Waals surface area contributed by atoms with Crippen molar-refractivity contribution in [3.8, 4) is 0 Å². The fourth-order valence-electron chi connectivity index (χ4n) is 1.86. The fourth-order valence-corrected chi connectivity index (χ4v) is 2.33. The van der Waals surface area contributed by atoms with Crippen LogP contribution >= 0.6 is 23.2 Å². The maximum absolute atomic E-state index is 6.14. The van der Waals surface area contributed by atoms with E-state index >= 15 is 0 Å². The molecule has 0 fully saturated rings. The Bertz CT molecular complexity index is 538. The highest BCUT2D eigenvalue weighted by atomic mass is 35.5. The molecule has 1 nitrogen and oxygen atoms in total. The summed E-state index contributed by atoms with van der Waals surface area (Å²) in [7, 11) is 0. The number of halogens is 2. The summed E-state index contributed by atoms with van der Waals surface area (Å²) in [6.45, 7) is 2.85. The molecule has 0 amide bonds. The molecule has 2 aromatic carbocycles. The minimum absolute atomic E-state index is 0.665. The molecule has 1 N–H and O–H groups in total. The van der Waals surface area contributed by atoms with Gasteiger partial charge in [-0.1, -0.05) is 54.4 Å². The third-order valence-corrected chi connectivity index (χ3v) is 3.47. The van der Waals surface area contributed by atoms with Gasteiger partial charge in [-0.3, -0.25) is 0 Å². The first-order valence-corrected chi connectivity index (χ1v) is 6.72. The van der Waals surface area contributed by atoms with Crippen LogP contribution in [-0.4, -0.2) is 0 Å². The number of benzene rings is 2. The summed E-state index contributed by atoms with van der Waals surface area (Å²) >= 11 is 12.0. The second-order valence-corrected chi connectivity index (χ2v) is 4.94. The Morgan fingerprint density at radius 2 is 1.78 bits per heavy atom. The number of aryl methyl sites for hydroxylation is 1. The van der Waals surface area contributed by atoms with E-state index in [1.807, 2.05) is 18.2 Å². The van der Waals surface area contributed by atoms with Crippen molar-refractivity contribution in [2.45, 2.75) is 19.9 Å². The minimum atomic E-state index is 0.665. The van der Waals surface area contributed by atoms with Crippen LogP contribution in [0.3, 0.4) is 0 Å². The van der Waals surface area contributed by atoms with Crippen molar-refractivity contribution < 1.29 is 0 Å². The van der Waals surface area contributed by atoms with E-state index in [2.05, 4.69) is 30.4 Å². The SMILES string of the molecule is CCc1ccccc1NCc1ccc(Cl)cc1Cl. The summed E-state index contributed by atoms with van der Waals surface area (Å²) in [4.78, 5) is 0. The van der Waals surface area contributed by atoms with Gasteiger partial charge < -0.3 is 5.32 Å². The Labute approximate surface area is 118 Å². The summed E-state index contributed by atoms with van der Waals surface area (Å²) in [5.41, 5.74) is 3.51. The summed E-state index contributed by atoms with van der Waals surface area (Å²) in [6.07, 6.45) is 1.01. The van der Waals surface area contributed by atoms with Crippen LogP contribution in [0.1, 0.15) is 18.1 Å². The Morgan fingerprint density at radius 1 is 1.00 bits per heavy atom. The van der Waals surface area contributed by atoms with Crippen molar-refractivity contribution >= 4 is 28.9 Å². The van der Waals surface area contributed by atoms with E-state index in [-0.39, 0.29) is 0 Å². The first-order valence-electron chi connectivity index (χ1n) is 5.96. The van der Waals surface area contributed by atoms with Crippen molar-refractivity contribution in [2.75, 3.05) is 5.32 Å². The van der Waals surface area contributed by atoms with Crippen LogP contribution in [0.25, 0.3) is 0 Å². The number of hydrogen-bond donors (Lipinski definition) is 1. The van der Waals surface area contributed by atoms with Gasteiger partial charge in [0.1, 0.15) is 0 Å². The van der Waals surface area contributed by atoms with E-state index < -0.39 is 0 Å². The molecule has 18 heavy (non-hydrogen) atoms. The van der Waals surface area contributed by atoms with Crippen molar-refractivity contribution in [1.29, 1.82) is 0 Å². The van der Waals surface area contributed by atoms with Crippen molar-refractivity contribution in [2.24, 2.45) is 0 Å². The highest BCUT2D eigenvalue weighted by molar-refractivity contribution is 6.35. The van der Waals surface area contributed by atoms with E-state index in [9.17, 15) is 0 Å². The Morgan fingerprint density at radius 3 is 2.50 bits per heavy atom. The Hall–Kier alpha value is -1.18. The topological polar surface area (TPSA) is 12.0 Å². The molecule has 2 rings (SSSR count). The lowest BCUT2D eigenvalue weighted by molar-refractivity contribution is 1.09. The maximum atomic E-state index is 6.14. The van der Waals surface area contributed by atoms with Crippen LogP contribution in [-0.2, 0) is 13.0 Å². The fraction of sp³-hybridized carbons (Fsp3) is 0.200. The van der Waals surface area contributed by atoms with E-state index in [4.69, 9.17) is 23.2 Å². The van der Waals surface area contributed by atoms with Crippen LogP contribution in [0.2, 0.25) is 10.0 Å². The van der Waals surface area contributed by atoms with Gasteiger partial charge >= 0.3 is 0 Å². The lowest BCUT2D eigenvalue weighted by Crippen LogP contribution is -2.02. The van der Waals surface area contributed by atoms with Crippen molar-refractivity contribution in [3.05, 3.63) is 63.6 Å².